The Balaban J connectivity index is 3.07. The molecule has 2 unspecified atom stereocenters. The second kappa shape index (κ2) is 7.21. The summed E-state index contributed by atoms with van der Waals surface area (Å²) in [5.74, 6) is -0.440. The summed E-state index contributed by atoms with van der Waals surface area (Å²) < 4.78 is 34.6. The largest absolute Gasteiger partial charge is 0.351 e. The van der Waals surface area contributed by atoms with Crippen molar-refractivity contribution in [2.75, 3.05) is 12.8 Å². The van der Waals surface area contributed by atoms with Crippen molar-refractivity contribution in [1.29, 1.82) is 0 Å². The van der Waals surface area contributed by atoms with E-state index in [0.717, 1.165) is 0 Å². The first-order chi connectivity index (χ1) is 9.54. The van der Waals surface area contributed by atoms with E-state index >= 15 is 0 Å². The van der Waals surface area contributed by atoms with Gasteiger partial charge in [-0.15, -0.1) is 0 Å². The van der Waals surface area contributed by atoms with Crippen LogP contribution in [0.25, 0.3) is 0 Å². The highest BCUT2D eigenvalue weighted by Gasteiger charge is 2.20. The number of halogens is 2. The first kappa shape index (κ1) is 18.6. The molecule has 118 valence electrons. The fourth-order valence-electron chi connectivity index (χ4n) is 1.50. The van der Waals surface area contributed by atoms with Gasteiger partial charge in [0.2, 0.25) is 0 Å². The highest BCUT2D eigenvalue weighted by atomic mass is 79.9. The van der Waals surface area contributed by atoms with Crippen LogP contribution in [0.15, 0.2) is 21.5 Å². The molecule has 1 N–H and O–H groups in total. The quantitative estimate of drug-likeness (QED) is 0.746. The highest BCUT2D eigenvalue weighted by molar-refractivity contribution is 9.10. The number of nitrogens with one attached hydrogen (secondary N) is 1. The predicted molar refractivity (Wildman–Crippen MR) is 87.8 cm³/mol. The molecule has 0 radical (unpaired) electrons. The minimum Gasteiger partial charge on any atom is -0.351 e. The average molecular weight is 417 g/mol. The number of hydrogen-bond acceptors (Lipinski definition) is 4. The normalized spacial score (nSPS) is 14.5. The Morgan fingerprint density at radius 3 is 2.52 bits per heavy atom. The van der Waals surface area contributed by atoms with E-state index in [2.05, 4.69) is 21.2 Å². The van der Waals surface area contributed by atoms with Gasteiger partial charge >= 0.3 is 0 Å². The van der Waals surface area contributed by atoms with E-state index in [9.17, 15) is 17.4 Å². The number of carbonyl (C=O) groups excluding carboxylic acids is 1. The van der Waals surface area contributed by atoms with Gasteiger partial charge in [0.05, 0.1) is 4.90 Å². The summed E-state index contributed by atoms with van der Waals surface area (Å²) in [5, 5.41) is 2.43. The molecule has 1 aromatic carbocycles. The number of aryl methyl sites for hydroxylation is 1. The maximum Gasteiger partial charge on any atom is 0.262 e. The van der Waals surface area contributed by atoms with Crippen LogP contribution in [0.4, 0.5) is 0 Å². The standard InChI is InChI=1S/C12H15BrClNO4S2/c1-7-4-9(5-10(11(7)13)21(14,18)19)12(16)15-6-8(2)20(3)17/h4-5,8H,6H2,1-3H3,(H,15,16). The zero-order chi connectivity index (χ0) is 16.4. The van der Waals surface area contributed by atoms with Crippen LogP contribution >= 0.6 is 26.6 Å². The van der Waals surface area contributed by atoms with Gasteiger partial charge in [0.25, 0.3) is 15.0 Å². The molecule has 0 aliphatic carbocycles. The minimum absolute atomic E-state index is 0.151. The van der Waals surface area contributed by atoms with Crippen LogP contribution in [0.2, 0.25) is 0 Å². The molecule has 1 aromatic rings. The lowest BCUT2D eigenvalue weighted by molar-refractivity contribution is 0.0953. The Hall–Kier alpha value is -0.440. The molecule has 5 nitrogen and oxygen atoms in total. The maximum absolute atomic E-state index is 12.1. The van der Waals surface area contributed by atoms with Crippen molar-refractivity contribution in [3.05, 3.63) is 27.7 Å². The van der Waals surface area contributed by atoms with Gasteiger partial charge in [-0.2, -0.15) is 0 Å². The molecule has 0 aliphatic heterocycles. The van der Waals surface area contributed by atoms with Crippen molar-refractivity contribution in [2.24, 2.45) is 0 Å². The van der Waals surface area contributed by atoms with Crippen molar-refractivity contribution in [2.45, 2.75) is 24.0 Å². The zero-order valence-corrected chi connectivity index (χ0v) is 15.6. The molecule has 0 heterocycles. The minimum atomic E-state index is -3.96. The predicted octanol–water partition coefficient (Wildman–Crippen LogP) is 2.18. The lowest BCUT2D eigenvalue weighted by Crippen LogP contribution is -2.32. The van der Waals surface area contributed by atoms with Crippen LogP contribution in [0.5, 0.6) is 0 Å². The third kappa shape index (κ3) is 5.05. The van der Waals surface area contributed by atoms with E-state index in [4.69, 9.17) is 10.7 Å². The van der Waals surface area contributed by atoms with Gasteiger partial charge in [-0.05, 0) is 47.5 Å². The first-order valence-electron chi connectivity index (χ1n) is 5.89. The second-order valence-corrected chi connectivity index (χ2v) is 9.69. The maximum atomic E-state index is 12.1. The van der Waals surface area contributed by atoms with Gasteiger partial charge in [-0.3, -0.25) is 9.00 Å². The molecule has 0 bridgehead atoms. The topological polar surface area (TPSA) is 80.3 Å². The summed E-state index contributed by atoms with van der Waals surface area (Å²) in [6.07, 6.45) is 1.55. The fourth-order valence-corrected chi connectivity index (χ4v) is 3.98. The molecule has 1 rings (SSSR count). The summed E-state index contributed by atoms with van der Waals surface area (Å²) in [4.78, 5) is 11.9. The SMILES string of the molecule is Cc1cc(C(=O)NCC(C)S(C)=O)cc(S(=O)(=O)Cl)c1Br. The van der Waals surface area contributed by atoms with E-state index in [1.54, 1.807) is 26.2 Å². The smallest absolute Gasteiger partial charge is 0.262 e. The Morgan fingerprint density at radius 1 is 1.48 bits per heavy atom. The van der Waals surface area contributed by atoms with Crippen LogP contribution in [0, 0.1) is 6.92 Å². The average Bonchev–Trinajstić information content (AvgIpc) is 2.36. The van der Waals surface area contributed by atoms with E-state index in [1.165, 1.54) is 6.07 Å². The monoisotopic (exact) mass is 415 g/mol. The van der Waals surface area contributed by atoms with Crippen LogP contribution < -0.4 is 5.32 Å². The van der Waals surface area contributed by atoms with E-state index in [0.29, 0.717) is 10.0 Å². The Bertz CT molecular complexity index is 691. The van der Waals surface area contributed by atoms with Crippen molar-refractivity contribution in [3.8, 4) is 0 Å². The molecule has 0 aliphatic rings. The van der Waals surface area contributed by atoms with Gasteiger partial charge < -0.3 is 5.32 Å². The third-order valence-corrected chi connectivity index (χ3v) is 6.82. The molecule has 21 heavy (non-hydrogen) atoms. The molecule has 1 amide bonds. The highest BCUT2D eigenvalue weighted by Crippen LogP contribution is 2.29. The van der Waals surface area contributed by atoms with E-state index in [-0.39, 0.29) is 22.3 Å². The Morgan fingerprint density at radius 2 is 2.05 bits per heavy atom. The number of hydrogen-bond donors (Lipinski definition) is 1. The molecular weight excluding hydrogens is 402 g/mol. The molecule has 2 atom stereocenters. The molecule has 0 saturated carbocycles. The van der Waals surface area contributed by atoms with Crippen molar-refractivity contribution in [1.82, 2.24) is 5.32 Å². The summed E-state index contributed by atoms with van der Waals surface area (Å²) in [6, 6.07) is 2.76. The van der Waals surface area contributed by atoms with Crippen molar-refractivity contribution in [3.63, 3.8) is 0 Å². The summed E-state index contributed by atoms with van der Waals surface area (Å²) >= 11 is 3.15. The first-order valence-corrected chi connectivity index (χ1v) is 10.6. The molecule has 9 heteroatoms. The molecule has 0 saturated heterocycles. The van der Waals surface area contributed by atoms with Gasteiger partial charge in [0, 0.05) is 49.6 Å². The van der Waals surface area contributed by atoms with Gasteiger partial charge in [0.1, 0.15) is 0 Å². The number of rotatable bonds is 5. The summed E-state index contributed by atoms with van der Waals surface area (Å²) in [6.45, 7) is 3.65. The molecule has 0 aromatic heterocycles. The van der Waals surface area contributed by atoms with Crippen LogP contribution in [0.3, 0.4) is 0 Å². The van der Waals surface area contributed by atoms with Gasteiger partial charge in [-0.25, -0.2) is 8.42 Å². The van der Waals surface area contributed by atoms with Crippen LogP contribution in [-0.2, 0) is 19.9 Å². The van der Waals surface area contributed by atoms with Crippen molar-refractivity contribution < 1.29 is 17.4 Å². The Labute approximate surface area is 139 Å². The lowest BCUT2D eigenvalue weighted by atomic mass is 10.1. The van der Waals surface area contributed by atoms with Gasteiger partial charge in [-0.1, -0.05) is 0 Å². The molecular formula is C12H15BrClNO4S2. The molecule has 0 fully saturated rings. The van der Waals surface area contributed by atoms with Crippen molar-refractivity contribution >= 4 is 52.4 Å². The summed E-state index contributed by atoms with van der Waals surface area (Å²) in [7, 11) is 0.343. The summed E-state index contributed by atoms with van der Waals surface area (Å²) in [5.41, 5.74) is 0.762. The number of benzene rings is 1. The number of amides is 1. The van der Waals surface area contributed by atoms with Crippen LogP contribution in [-0.4, -0.2) is 36.6 Å². The van der Waals surface area contributed by atoms with E-state index < -0.39 is 25.8 Å². The number of carbonyl (C=O) groups is 1. The zero-order valence-electron chi connectivity index (χ0n) is 11.6. The lowest BCUT2D eigenvalue weighted by Gasteiger charge is -2.12. The second-order valence-electron chi connectivity index (χ2n) is 4.56. The third-order valence-electron chi connectivity index (χ3n) is 2.86. The van der Waals surface area contributed by atoms with Gasteiger partial charge in [0.15, 0.2) is 0 Å². The Kier molecular flexibility index (Phi) is 6.39. The van der Waals surface area contributed by atoms with E-state index in [1.807, 2.05) is 0 Å². The fraction of sp³-hybridized carbons (Fsp3) is 0.417. The van der Waals surface area contributed by atoms with Crippen LogP contribution in [0.1, 0.15) is 22.8 Å². The molecule has 0 spiro atoms.